The lowest BCUT2D eigenvalue weighted by Crippen LogP contribution is -2.31. The third kappa shape index (κ3) is 4.40. The van der Waals surface area contributed by atoms with E-state index in [0.717, 1.165) is 17.3 Å². The minimum atomic E-state index is -0.620. The number of nitrogens with zero attached hydrogens (tertiary/aromatic N) is 3. The number of thioether (sulfide) groups is 1. The number of hydrogen-bond donors (Lipinski definition) is 1. The van der Waals surface area contributed by atoms with Gasteiger partial charge in [-0.3, -0.25) is 9.59 Å². The number of carbonyl (C=O) groups is 2. The van der Waals surface area contributed by atoms with E-state index in [2.05, 4.69) is 10.2 Å². The minimum absolute atomic E-state index is 0.0626. The molecule has 1 heterocycles. The zero-order valence-corrected chi connectivity index (χ0v) is 16.3. The largest absolute Gasteiger partial charge is 0.497 e. The Balaban J connectivity index is 1.69. The zero-order valence-electron chi connectivity index (χ0n) is 15.5. The quantitative estimate of drug-likeness (QED) is 0.363. The molecule has 0 aromatic heterocycles. The van der Waals surface area contributed by atoms with Crippen LogP contribution < -0.4 is 15.4 Å². The Morgan fingerprint density at radius 2 is 1.79 bits per heavy atom. The van der Waals surface area contributed by atoms with Crippen molar-refractivity contribution in [1.82, 2.24) is 0 Å². The van der Waals surface area contributed by atoms with Gasteiger partial charge in [0.2, 0.25) is 11.8 Å². The molecule has 0 radical (unpaired) electrons. The van der Waals surface area contributed by atoms with Crippen LogP contribution in [0.1, 0.15) is 18.9 Å². The molecule has 28 heavy (non-hydrogen) atoms. The lowest BCUT2D eigenvalue weighted by molar-refractivity contribution is -0.121. The number of amides is 2. The van der Waals surface area contributed by atoms with E-state index < -0.39 is 5.25 Å². The summed E-state index contributed by atoms with van der Waals surface area (Å²) in [6.07, 6.45) is 0.0626. The van der Waals surface area contributed by atoms with Gasteiger partial charge in [-0.05, 0) is 36.8 Å². The third-order valence-electron chi connectivity index (χ3n) is 4.19. The van der Waals surface area contributed by atoms with Gasteiger partial charge in [-0.15, -0.1) is 5.10 Å². The summed E-state index contributed by atoms with van der Waals surface area (Å²) in [5.41, 5.74) is 8.06. The minimum Gasteiger partial charge on any atom is -0.497 e. The monoisotopic (exact) mass is 396 g/mol. The van der Waals surface area contributed by atoms with Crippen molar-refractivity contribution >= 4 is 40.1 Å². The van der Waals surface area contributed by atoms with Gasteiger partial charge in [-0.1, -0.05) is 42.1 Å². The molecular weight excluding hydrogens is 376 g/mol. The van der Waals surface area contributed by atoms with Crippen LogP contribution in [0.4, 0.5) is 5.69 Å². The highest BCUT2D eigenvalue weighted by Crippen LogP contribution is 2.30. The van der Waals surface area contributed by atoms with Crippen molar-refractivity contribution in [3.8, 4) is 5.75 Å². The Kier molecular flexibility index (Phi) is 6.10. The highest BCUT2D eigenvalue weighted by Gasteiger charge is 2.40. The van der Waals surface area contributed by atoms with Gasteiger partial charge in [0.25, 0.3) is 0 Å². The molecule has 7 nitrogen and oxygen atoms in total. The number of hydrogen-bond acceptors (Lipinski definition) is 6. The van der Waals surface area contributed by atoms with Gasteiger partial charge in [-0.25, -0.2) is 4.90 Å². The smallest absolute Gasteiger partial charge is 0.247 e. The van der Waals surface area contributed by atoms with Crippen LogP contribution >= 0.6 is 11.8 Å². The lowest BCUT2D eigenvalue weighted by Gasteiger charge is -2.15. The van der Waals surface area contributed by atoms with E-state index in [1.807, 2.05) is 37.3 Å². The van der Waals surface area contributed by atoms with Crippen molar-refractivity contribution in [2.75, 3.05) is 12.0 Å². The first kappa shape index (κ1) is 19.6. The zero-order chi connectivity index (χ0) is 20.1. The number of anilines is 1. The van der Waals surface area contributed by atoms with Crippen LogP contribution in [0.5, 0.6) is 5.75 Å². The summed E-state index contributed by atoms with van der Waals surface area (Å²) in [5, 5.41) is 7.62. The Labute approximate surface area is 167 Å². The molecule has 2 amide bonds. The van der Waals surface area contributed by atoms with Crippen molar-refractivity contribution in [2.45, 2.75) is 18.6 Å². The summed E-state index contributed by atoms with van der Waals surface area (Å²) in [7, 11) is 1.55. The van der Waals surface area contributed by atoms with E-state index in [1.165, 1.54) is 4.90 Å². The van der Waals surface area contributed by atoms with Gasteiger partial charge in [0.1, 0.15) is 11.0 Å². The fourth-order valence-corrected chi connectivity index (χ4v) is 3.54. The molecule has 8 heteroatoms. The van der Waals surface area contributed by atoms with E-state index in [1.54, 1.807) is 31.4 Å². The maximum absolute atomic E-state index is 12.7. The molecule has 0 aliphatic carbocycles. The molecule has 0 saturated carbocycles. The van der Waals surface area contributed by atoms with E-state index in [0.29, 0.717) is 17.1 Å². The Morgan fingerprint density at radius 1 is 1.11 bits per heavy atom. The summed E-state index contributed by atoms with van der Waals surface area (Å²) in [6, 6.07) is 16.3. The van der Waals surface area contributed by atoms with Crippen molar-refractivity contribution < 1.29 is 14.3 Å². The van der Waals surface area contributed by atoms with Crippen molar-refractivity contribution in [2.24, 2.45) is 15.9 Å². The summed E-state index contributed by atoms with van der Waals surface area (Å²) >= 11 is 1.05. The molecule has 0 spiro atoms. The van der Waals surface area contributed by atoms with Gasteiger partial charge in [0.15, 0.2) is 5.17 Å². The normalized spacial score (nSPS) is 17.9. The summed E-state index contributed by atoms with van der Waals surface area (Å²) in [6.45, 7) is 1.83. The second kappa shape index (κ2) is 8.71. The molecule has 1 unspecified atom stereocenters. The Hall–Kier alpha value is -3.13. The molecule has 1 aliphatic heterocycles. The van der Waals surface area contributed by atoms with Crippen molar-refractivity contribution in [3.63, 3.8) is 0 Å². The van der Waals surface area contributed by atoms with Gasteiger partial charge in [0.05, 0.1) is 18.5 Å². The first-order chi connectivity index (χ1) is 13.5. The van der Waals surface area contributed by atoms with Gasteiger partial charge in [-0.2, -0.15) is 5.10 Å². The van der Waals surface area contributed by atoms with Gasteiger partial charge < -0.3 is 10.5 Å². The van der Waals surface area contributed by atoms with Crippen LogP contribution in [0.15, 0.2) is 64.8 Å². The van der Waals surface area contributed by atoms with Gasteiger partial charge in [0, 0.05) is 6.42 Å². The topological polar surface area (TPSA) is 97.3 Å². The fraction of sp³-hybridized carbons (Fsp3) is 0.200. The standard InChI is InChI=1S/C20H20N4O3S/c1-13(14-6-4-3-5-7-14)22-23-20(21)28-17-12-18(25)24(19(17)26)15-8-10-16(27-2)11-9-15/h3-11,17H,12H2,1-2H3,(H2,21,23)/b22-13-. The molecule has 1 saturated heterocycles. The van der Waals surface area contributed by atoms with Crippen LogP contribution in [0.3, 0.4) is 0 Å². The second-order valence-electron chi connectivity index (χ2n) is 6.07. The fourth-order valence-electron chi connectivity index (χ4n) is 2.73. The van der Waals surface area contributed by atoms with Gasteiger partial charge >= 0.3 is 0 Å². The molecule has 144 valence electrons. The number of nitrogens with two attached hydrogens (primary N) is 1. The van der Waals surface area contributed by atoms with Crippen LogP contribution in [0.25, 0.3) is 0 Å². The molecule has 1 atom stereocenters. The predicted molar refractivity (Wildman–Crippen MR) is 112 cm³/mol. The van der Waals surface area contributed by atoms with Crippen LogP contribution in [-0.2, 0) is 9.59 Å². The number of rotatable bonds is 5. The Morgan fingerprint density at radius 3 is 2.43 bits per heavy atom. The number of ether oxygens (including phenoxy) is 1. The third-order valence-corrected chi connectivity index (χ3v) is 5.16. The highest BCUT2D eigenvalue weighted by molar-refractivity contribution is 8.14. The van der Waals surface area contributed by atoms with Crippen LogP contribution in [0, 0.1) is 0 Å². The molecular formula is C20H20N4O3S. The number of methoxy groups -OCH3 is 1. The molecule has 1 aliphatic rings. The number of carbonyl (C=O) groups excluding carboxylic acids is 2. The molecule has 0 bridgehead atoms. The van der Waals surface area contributed by atoms with E-state index in [-0.39, 0.29) is 23.4 Å². The van der Waals surface area contributed by atoms with E-state index in [9.17, 15) is 9.59 Å². The molecule has 2 aromatic carbocycles. The number of amidine groups is 1. The maximum atomic E-state index is 12.7. The molecule has 2 aromatic rings. The Bertz CT molecular complexity index is 926. The summed E-state index contributed by atoms with van der Waals surface area (Å²) in [4.78, 5) is 26.2. The predicted octanol–water partition coefficient (Wildman–Crippen LogP) is 2.80. The average Bonchev–Trinajstić information content (AvgIpc) is 2.99. The average molecular weight is 396 g/mol. The first-order valence-corrected chi connectivity index (χ1v) is 9.48. The van der Waals surface area contributed by atoms with Crippen molar-refractivity contribution in [1.29, 1.82) is 0 Å². The summed E-state index contributed by atoms with van der Waals surface area (Å²) in [5.74, 6) is 0.0586. The van der Waals surface area contributed by atoms with Crippen LogP contribution in [-0.4, -0.2) is 35.1 Å². The molecule has 3 rings (SSSR count). The van der Waals surface area contributed by atoms with E-state index >= 15 is 0 Å². The highest BCUT2D eigenvalue weighted by atomic mass is 32.2. The molecule has 1 fully saturated rings. The number of imide groups is 1. The number of benzene rings is 2. The van der Waals surface area contributed by atoms with Crippen molar-refractivity contribution in [3.05, 3.63) is 60.2 Å². The first-order valence-electron chi connectivity index (χ1n) is 8.60. The summed E-state index contributed by atoms with van der Waals surface area (Å²) < 4.78 is 5.10. The second-order valence-corrected chi connectivity index (χ2v) is 7.29. The van der Waals surface area contributed by atoms with E-state index in [4.69, 9.17) is 10.5 Å². The van der Waals surface area contributed by atoms with Crippen LogP contribution in [0.2, 0.25) is 0 Å². The maximum Gasteiger partial charge on any atom is 0.247 e. The SMILES string of the molecule is COc1ccc(N2C(=O)CC(S/C(N)=N/N=C(/C)c3ccccc3)C2=O)cc1. The molecule has 2 N–H and O–H groups in total. The lowest BCUT2D eigenvalue weighted by atomic mass is 10.1.